The van der Waals surface area contributed by atoms with Crippen molar-refractivity contribution in [1.29, 1.82) is 0 Å². The SMILES string of the molecule is CCC(C)N1C(=O)C(=Cc2c(N3CCOCC3)c3ccccc3n(C)c2=O)SC1=S. The number of nitrogens with zero attached hydrogens (tertiary/aromatic N) is 3. The highest BCUT2D eigenvalue weighted by Crippen LogP contribution is 2.37. The Labute approximate surface area is 185 Å². The smallest absolute Gasteiger partial charge is 0.266 e. The summed E-state index contributed by atoms with van der Waals surface area (Å²) in [6.07, 6.45) is 2.55. The van der Waals surface area contributed by atoms with Crippen molar-refractivity contribution in [3.05, 3.63) is 45.1 Å². The second kappa shape index (κ2) is 8.53. The molecule has 158 valence electrons. The number of morpholine rings is 1. The topological polar surface area (TPSA) is 54.8 Å². The normalized spacial score (nSPS) is 19.9. The number of carbonyl (C=O) groups excluding carboxylic acids is 1. The van der Waals surface area contributed by atoms with Crippen molar-refractivity contribution in [2.45, 2.75) is 26.3 Å². The van der Waals surface area contributed by atoms with E-state index >= 15 is 0 Å². The monoisotopic (exact) mass is 443 g/mol. The first-order valence-corrected chi connectivity index (χ1v) is 11.4. The number of pyridine rings is 1. The van der Waals surface area contributed by atoms with Gasteiger partial charge in [0.15, 0.2) is 0 Å². The van der Waals surface area contributed by atoms with Crippen LogP contribution in [0.2, 0.25) is 0 Å². The average Bonchev–Trinajstić information content (AvgIpc) is 3.05. The number of benzene rings is 1. The van der Waals surface area contributed by atoms with Gasteiger partial charge in [-0.25, -0.2) is 0 Å². The van der Waals surface area contributed by atoms with Gasteiger partial charge in [0.2, 0.25) is 0 Å². The predicted molar refractivity (Wildman–Crippen MR) is 127 cm³/mol. The van der Waals surface area contributed by atoms with Gasteiger partial charge in [0.05, 0.1) is 34.9 Å². The highest BCUT2D eigenvalue weighted by Gasteiger charge is 2.35. The van der Waals surface area contributed by atoms with Gasteiger partial charge in [-0.15, -0.1) is 0 Å². The van der Waals surface area contributed by atoms with Gasteiger partial charge in [0.25, 0.3) is 11.5 Å². The molecule has 1 amide bonds. The minimum atomic E-state index is -0.123. The summed E-state index contributed by atoms with van der Waals surface area (Å²) in [5, 5.41) is 0.991. The Bertz CT molecular complexity index is 1100. The number of rotatable bonds is 4. The Kier molecular flexibility index (Phi) is 5.99. The molecule has 0 bridgehead atoms. The molecule has 6 nitrogen and oxygen atoms in total. The van der Waals surface area contributed by atoms with Crippen LogP contribution in [0.15, 0.2) is 34.0 Å². The molecule has 2 aromatic rings. The minimum Gasteiger partial charge on any atom is -0.378 e. The lowest BCUT2D eigenvalue weighted by Crippen LogP contribution is -2.38. The number of aromatic nitrogens is 1. The molecule has 2 fully saturated rings. The van der Waals surface area contributed by atoms with E-state index in [2.05, 4.69) is 4.90 Å². The van der Waals surface area contributed by atoms with Crippen LogP contribution < -0.4 is 10.5 Å². The fourth-order valence-electron chi connectivity index (χ4n) is 3.93. The van der Waals surface area contributed by atoms with Crippen LogP contribution in [-0.4, -0.2) is 52.0 Å². The quantitative estimate of drug-likeness (QED) is 0.534. The van der Waals surface area contributed by atoms with E-state index in [0.29, 0.717) is 41.1 Å². The van der Waals surface area contributed by atoms with Gasteiger partial charge in [-0.2, -0.15) is 0 Å². The predicted octanol–water partition coefficient (Wildman–Crippen LogP) is 3.37. The van der Waals surface area contributed by atoms with E-state index in [9.17, 15) is 9.59 Å². The molecule has 2 saturated heterocycles. The molecule has 1 aromatic carbocycles. The molecule has 0 radical (unpaired) electrons. The van der Waals surface area contributed by atoms with E-state index in [1.54, 1.807) is 22.6 Å². The number of anilines is 1. The molecular weight excluding hydrogens is 418 g/mol. The summed E-state index contributed by atoms with van der Waals surface area (Å²) in [4.78, 5) is 30.8. The second-order valence-corrected chi connectivity index (χ2v) is 9.23. The van der Waals surface area contributed by atoms with Crippen molar-refractivity contribution < 1.29 is 9.53 Å². The van der Waals surface area contributed by atoms with Gasteiger partial charge in [0, 0.05) is 31.6 Å². The Balaban J connectivity index is 1.91. The third-order valence-corrected chi connectivity index (χ3v) is 7.10. The van der Waals surface area contributed by atoms with E-state index in [0.717, 1.165) is 23.0 Å². The number of aryl methyl sites for hydroxylation is 1. The van der Waals surface area contributed by atoms with Crippen LogP contribution in [0, 0.1) is 0 Å². The maximum absolute atomic E-state index is 13.4. The summed E-state index contributed by atoms with van der Waals surface area (Å²) in [5.74, 6) is -0.123. The van der Waals surface area contributed by atoms with Crippen LogP contribution in [-0.2, 0) is 16.6 Å². The van der Waals surface area contributed by atoms with E-state index in [1.807, 2.05) is 38.1 Å². The maximum atomic E-state index is 13.4. The molecule has 2 aliphatic heterocycles. The van der Waals surface area contributed by atoms with Gasteiger partial charge >= 0.3 is 0 Å². The molecule has 30 heavy (non-hydrogen) atoms. The van der Waals surface area contributed by atoms with Gasteiger partial charge in [-0.05, 0) is 25.5 Å². The van der Waals surface area contributed by atoms with Crippen LogP contribution in [0.3, 0.4) is 0 Å². The first-order valence-electron chi connectivity index (χ1n) is 10.2. The lowest BCUT2D eigenvalue weighted by molar-refractivity contribution is -0.123. The van der Waals surface area contributed by atoms with Crippen molar-refractivity contribution in [3.8, 4) is 0 Å². The van der Waals surface area contributed by atoms with E-state index in [1.165, 1.54) is 11.8 Å². The molecule has 1 unspecified atom stereocenters. The summed E-state index contributed by atoms with van der Waals surface area (Å²) in [6.45, 7) is 6.64. The third kappa shape index (κ3) is 3.57. The Morgan fingerprint density at radius 3 is 2.63 bits per heavy atom. The Morgan fingerprint density at radius 1 is 1.23 bits per heavy atom. The number of thioether (sulfide) groups is 1. The second-order valence-electron chi connectivity index (χ2n) is 7.55. The highest BCUT2D eigenvalue weighted by molar-refractivity contribution is 8.26. The minimum absolute atomic E-state index is 0.0292. The molecular formula is C22H25N3O3S2. The van der Waals surface area contributed by atoms with Crippen LogP contribution >= 0.6 is 24.0 Å². The largest absolute Gasteiger partial charge is 0.378 e. The first-order chi connectivity index (χ1) is 14.4. The molecule has 1 atom stereocenters. The molecule has 0 saturated carbocycles. The van der Waals surface area contributed by atoms with Crippen molar-refractivity contribution in [1.82, 2.24) is 9.47 Å². The summed E-state index contributed by atoms with van der Waals surface area (Å²) in [5.41, 5.74) is 2.14. The zero-order valence-corrected chi connectivity index (χ0v) is 19.0. The number of hydrogen-bond donors (Lipinski definition) is 0. The van der Waals surface area contributed by atoms with E-state index in [-0.39, 0.29) is 17.5 Å². The Hall–Kier alpha value is -2.16. The number of amides is 1. The van der Waals surface area contributed by atoms with Crippen molar-refractivity contribution >= 4 is 56.9 Å². The fourth-order valence-corrected chi connectivity index (χ4v) is 5.38. The number of fused-ring (bicyclic) bond motifs is 1. The number of carbonyl (C=O) groups is 1. The van der Waals surface area contributed by atoms with Crippen LogP contribution in [0.25, 0.3) is 17.0 Å². The molecule has 4 rings (SSSR count). The van der Waals surface area contributed by atoms with Gasteiger partial charge < -0.3 is 14.2 Å². The Morgan fingerprint density at radius 2 is 1.93 bits per heavy atom. The van der Waals surface area contributed by atoms with Crippen molar-refractivity contribution in [3.63, 3.8) is 0 Å². The molecule has 8 heteroatoms. The first kappa shape index (κ1) is 21.1. The third-order valence-electron chi connectivity index (χ3n) is 5.77. The van der Waals surface area contributed by atoms with Crippen LogP contribution in [0.5, 0.6) is 0 Å². The highest BCUT2D eigenvalue weighted by atomic mass is 32.2. The molecule has 3 heterocycles. The molecule has 1 aromatic heterocycles. The average molecular weight is 444 g/mol. The molecule has 0 aliphatic carbocycles. The number of para-hydroxylation sites is 1. The van der Waals surface area contributed by atoms with Gasteiger partial charge in [-0.1, -0.05) is 49.1 Å². The zero-order valence-electron chi connectivity index (χ0n) is 17.4. The van der Waals surface area contributed by atoms with E-state index < -0.39 is 0 Å². The van der Waals surface area contributed by atoms with Gasteiger partial charge in [0.1, 0.15) is 4.32 Å². The van der Waals surface area contributed by atoms with E-state index in [4.69, 9.17) is 17.0 Å². The summed E-state index contributed by atoms with van der Waals surface area (Å²) in [6, 6.07) is 7.92. The zero-order chi connectivity index (χ0) is 21.4. The van der Waals surface area contributed by atoms with Crippen LogP contribution in [0.4, 0.5) is 5.69 Å². The van der Waals surface area contributed by atoms with Gasteiger partial charge in [-0.3, -0.25) is 14.5 Å². The molecule has 2 aliphatic rings. The number of thiocarbonyl (C=S) groups is 1. The summed E-state index contributed by atoms with van der Waals surface area (Å²) in [7, 11) is 1.77. The van der Waals surface area contributed by atoms with Crippen molar-refractivity contribution in [2.75, 3.05) is 31.2 Å². The van der Waals surface area contributed by atoms with Crippen molar-refractivity contribution in [2.24, 2.45) is 7.05 Å². The summed E-state index contributed by atoms with van der Waals surface area (Å²) < 4.78 is 7.72. The molecule has 0 N–H and O–H groups in total. The summed E-state index contributed by atoms with van der Waals surface area (Å²) >= 11 is 6.74. The maximum Gasteiger partial charge on any atom is 0.266 e. The fraction of sp³-hybridized carbons (Fsp3) is 0.409. The standard InChI is InChI=1S/C22H25N3O3S2/c1-4-14(2)25-21(27)18(30-22(25)29)13-16-19(24-9-11-28-12-10-24)15-7-5-6-8-17(15)23(3)20(16)26/h5-8,13-14H,4,9-12H2,1-3H3. The number of hydrogen-bond acceptors (Lipinski definition) is 6. The molecule has 0 spiro atoms. The van der Waals surface area contributed by atoms with Crippen LogP contribution in [0.1, 0.15) is 25.8 Å². The lowest BCUT2D eigenvalue weighted by Gasteiger charge is -2.31. The lowest BCUT2D eigenvalue weighted by atomic mass is 10.1. The number of ether oxygens (including phenoxy) is 1.